The van der Waals surface area contributed by atoms with Crippen molar-refractivity contribution in [2.75, 3.05) is 6.61 Å². The van der Waals surface area contributed by atoms with Crippen LogP contribution in [0.1, 0.15) is 64.9 Å². The third-order valence-electron chi connectivity index (χ3n) is 7.03. The normalized spacial score (nSPS) is 14.4. The van der Waals surface area contributed by atoms with Crippen LogP contribution in [0.5, 0.6) is 17.2 Å². The van der Waals surface area contributed by atoms with Crippen LogP contribution in [0.3, 0.4) is 0 Å². The first kappa shape index (κ1) is 27.2. The number of nitriles is 1. The number of allylic oxidation sites excluding steroid dienone is 1. The lowest BCUT2D eigenvalue weighted by molar-refractivity contribution is 0.0702. The summed E-state index contributed by atoms with van der Waals surface area (Å²) in [5.41, 5.74) is 10.1. The Hall–Kier alpha value is -4.41. The molecule has 1 unspecified atom stereocenters. The molecule has 1 aliphatic heterocycles. The van der Waals surface area contributed by atoms with Gasteiger partial charge in [-0.15, -0.1) is 0 Å². The first-order chi connectivity index (χ1) is 19.3. The first-order valence-corrected chi connectivity index (χ1v) is 13.5. The number of carbonyl (C=O) groups is 1. The van der Waals surface area contributed by atoms with Crippen LogP contribution in [-0.2, 0) is 0 Å². The number of furan rings is 1. The number of nitrogens with two attached hydrogens (primary N) is 1. The second kappa shape index (κ2) is 11.4. The number of hydrogen-bond acceptors (Lipinski definition) is 7. The fourth-order valence-corrected chi connectivity index (χ4v) is 4.99. The van der Waals surface area contributed by atoms with E-state index in [1.807, 2.05) is 31.2 Å². The molecule has 2 N–H and O–H groups in total. The molecule has 0 bridgehead atoms. The van der Waals surface area contributed by atoms with Crippen LogP contribution < -0.4 is 19.9 Å². The van der Waals surface area contributed by atoms with Crippen molar-refractivity contribution in [3.63, 3.8) is 0 Å². The summed E-state index contributed by atoms with van der Waals surface area (Å²) in [5, 5.41) is 11.2. The van der Waals surface area contributed by atoms with Gasteiger partial charge in [0.15, 0.2) is 0 Å². The predicted octanol–water partition coefficient (Wildman–Crippen LogP) is 7.71. The van der Waals surface area contributed by atoms with Crippen molar-refractivity contribution in [3.05, 3.63) is 99.1 Å². The van der Waals surface area contributed by atoms with Crippen LogP contribution in [0, 0.1) is 25.2 Å². The minimum atomic E-state index is -0.648. The van der Waals surface area contributed by atoms with Gasteiger partial charge in [0.1, 0.15) is 34.5 Å². The van der Waals surface area contributed by atoms with Crippen LogP contribution in [0.25, 0.3) is 11.0 Å². The third kappa shape index (κ3) is 5.23. The summed E-state index contributed by atoms with van der Waals surface area (Å²) >= 11 is 6.26. The molecule has 1 aromatic heterocycles. The number of nitrogens with zero attached hydrogens (tertiary/aromatic N) is 1. The van der Waals surface area contributed by atoms with E-state index in [-0.39, 0.29) is 17.4 Å². The Morgan fingerprint density at radius 2 is 1.82 bits per heavy atom. The van der Waals surface area contributed by atoms with Gasteiger partial charge in [0.2, 0.25) is 11.6 Å². The largest absolute Gasteiger partial charge is 0.494 e. The van der Waals surface area contributed by atoms with Crippen molar-refractivity contribution in [1.29, 1.82) is 5.26 Å². The van der Waals surface area contributed by atoms with Crippen molar-refractivity contribution in [2.24, 2.45) is 5.73 Å². The van der Waals surface area contributed by atoms with Gasteiger partial charge in [0.05, 0.1) is 12.5 Å². The number of benzene rings is 3. The number of aryl methyl sites for hydroxylation is 2. The highest BCUT2D eigenvalue weighted by atomic mass is 35.5. The number of unbranched alkanes of at least 4 members (excludes halogenated alkanes) is 2. The molecule has 0 spiro atoms. The highest BCUT2D eigenvalue weighted by Crippen LogP contribution is 2.44. The molecule has 2 heterocycles. The third-order valence-corrected chi connectivity index (χ3v) is 7.44. The first-order valence-electron chi connectivity index (χ1n) is 13.2. The monoisotopic (exact) mass is 556 g/mol. The van der Waals surface area contributed by atoms with E-state index in [2.05, 4.69) is 13.0 Å². The SMILES string of the molecule is CCCCCOc1ccc(C2C(C#N)=C(N)Oc3cc(OC(=O)c4oc5cc(C)c(Cl)cc5c4C)ccc32)cc1. The molecule has 1 atom stereocenters. The lowest BCUT2D eigenvalue weighted by Crippen LogP contribution is -2.21. The van der Waals surface area contributed by atoms with Crippen LogP contribution in [0.15, 0.2) is 70.5 Å². The maximum atomic E-state index is 13.1. The number of carbonyl (C=O) groups excluding carboxylic acids is 1. The van der Waals surface area contributed by atoms with Crippen molar-refractivity contribution < 1.29 is 23.4 Å². The predicted molar refractivity (Wildman–Crippen MR) is 153 cm³/mol. The van der Waals surface area contributed by atoms with Gasteiger partial charge >= 0.3 is 5.97 Å². The molecular formula is C32H29ClN2O5. The summed E-state index contributed by atoms with van der Waals surface area (Å²) in [4.78, 5) is 13.1. The standard InChI is InChI=1S/C32H29ClN2O5/c1-4-5-6-13-37-21-9-7-20(8-10-21)29-23-12-11-22(15-28(23)40-31(35)25(29)17-34)38-32(36)30-19(3)24-16-26(33)18(2)14-27(24)39-30/h7-12,14-16,29H,4-6,13,35H2,1-3H3. The number of ether oxygens (including phenoxy) is 3. The molecule has 0 saturated heterocycles. The lowest BCUT2D eigenvalue weighted by Gasteiger charge is -2.26. The average molecular weight is 557 g/mol. The molecule has 7 nitrogen and oxygen atoms in total. The van der Waals surface area contributed by atoms with Gasteiger partial charge < -0.3 is 24.4 Å². The molecule has 204 valence electrons. The van der Waals surface area contributed by atoms with Crippen LogP contribution in [-0.4, -0.2) is 12.6 Å². The minimum Gasteiger partial charge on any atom is -0.494 e. The molecule has 1 aliphatic rings. The van der Waals surface area contributed by atoms with Crippen molar-refractivity contribution in [1.82, 2.24) is 0 Å². The zero-order valence-electron chi connectivity index (χ0n) is 22.5. The maximum Gasteiger partial charge on any atom is 0.379 e. The van der Waals surface area contributed by atoms with E-state index in [0.29, 0.717) is 34.1 Å². The summed E-state index contributed by atoms with van der Waals surface area (Å²) in [5.74, 6) is 0.420. The molecule has 40 heavy (non-hydrogen) atoms. The molecule has 3 aromatic carbocycles. The Morgan fingerprint density at radius 1 is 1.07 bits per heavy atom. The van der Waals surface area contributed by atoms with E-state index in [9.17, 15) is 10.1 Å². The molecule has 4 aromatic rings. The molecule has 0 amide bonds. The van der Waals surface area contributed by atoms with Gasteiger partial charge in [-0.05, 0) is 61.7 Å². The Kier molecular flexibility index (Phi) is 7.72. The van der Waals surface area contributed by atoms with Gasteiger partial charge in [-0.1, -0.05) is 49.6 Å². The number of fused-ring (bicyclic) bond motifs is 2. The van der Waals surface area contributed by atoms with Gasteiger partial charge in [0.25, 0.3) is 0 Å². The highest BCUT2D eigenvalue weighted by molar-refractivity contribution is 6.32. The smallest absolute Gasteiger partial charge is 0.379 e. The molecule has 0 saturated carbocycles. The maximum absolute atomic E-state index is 13.1. The highest BCUT2D eigenvalue weighted by Gasteiger charge is 2.31. The molecule has 0 radical (unpaired) electrons. The fraction of sp³-hybridized carbons (Fsp3) is 0.250. The van der Waals surface area contributed by atoms with Crippen molar-refractivity contribution in [2.45, 2.75) is 46.0 Å². The van der Waals surface area contributed by atoms with Crippen molar-refractivity contribution in [3.8, 4) is 23.3 Å². The summed E-state index contributed by atoms with van der Waals surface area (Å²) < 4.78 is 23.1. The average Bonchev–Trinajstić information content (AvgIpc) is 3.26. The van der Waals surface area contributed by atoms with Crippen LogP contribution in [0.4, 0.5) is 0 Å². The molecule has 8 heteroatoms. The number of esters is 1. The van der Waals surface area contributed by atoms with Crippen LogP contribution in [0.2, 0.25) is 5.02 Å². The van der Waals surface area contributed by atoms with E-state index >= 15 is 0 Å². The summed E-state index contributed by atoms with van der Waals surface area (Å²) in [6.45, 7) is 6.46. The topological polar surface area (TPSA) is 108 Å². The van der Waals surface area contributed by atoms with E-state index in [1.54, 1.807) is 37.3 Å². The Balaban J connectivity index is 1.40. The number of rotatable bonds is 8. The summed E-state index contributed by atoms with van der Waals surface area (Å²) in [6, 6.07) is 18.4. The summed E-state index contributed by atoms with van der Waals surface area (Å²) in [6.07, 6.45) is 3.25. The van der Waals surface area contributed by atoms with Crippen molar-refractivity contribution >= 4 is 28.5 Å². The number of halogens is 1. The second-order valence-electron chi connectivity index (χ2n) is 9.79. The van der Waals surface area contributed by atoms with Gasteiger partial charge in [0, 0.05) is 27.6 Å². The van der Waals surface area contributed by atoms with E-state index in [1.165, 1.54) is 0 Å². The Bertz CT molecular complexity index is 1660. The van der Waals surface area contributed by atoms with Crippen LogP contribution >= 0.6 is 11.6 Å². The molecule has 0 fully saturated rings. The Labute approximate surface area is 237 Å². The van der Waals surface area contributed by atoms with Gasteiger partial charge in [-0.25, -0.2) is 4.79 Å². The van der Waals surface area contributed by atoms with E-state index < -0.39 is 11.9 Å². The molecule has 0 aliphatic carbocycles. The quantitative estimate of drug-likeness (QED) is 0.134. The Morgan fingerprint density at radius 3 is 2.55 bits per heavy atom. The zero-order valence-corrected chi connectivity index (χ0v) is 23.3. The van der Waals surface area contributed by atoms with E-state index in [0.717, 1.165) is 47.1 Å². The lowest BCUT2D eigenvalue weighted by atomic mass is 9.83. The van der Waals surface area contributed by atoms with Gasteiger partial charge in [-0.2, -0.15) is 5.26 Å². The fourth-order valence-electron chi connectivity index (χ4n) is 4.83. The molecule has 5 rings (SSSR count). The van der Waals surface area contributed by atoms with E-state index in [4.69, 9.17) is 36.0 Å². The number of hydrogen-bond donors (Lipinski definition) is 1. The molecular weight excluding hydrogens is 528 g/mol. The minimum absolute atomic E-state index is 0.00347. The second-order valence-corrected chi connectivity index (χ2v) is 10.2. The summed E-state index contributed by atoms with van der Waals surface area (Å²) in [7, 11) is 0. The zero-order chi connectivity index (χ0) is 28.4. The van der Waals surface area contributed by atoms with Gasteiger partial charge in [-0.3, -0.25) is 0 Å².